The van der Waals surface area contributed by atoms with Crippen molar-refractivity contribution >= 4 is 10.0 Å². The van der Waals surface area contributed by atoms with E-state index in [-0.39, 0.29) is 17.0 Å². The zero-order valence-electron chi connectivity index (χ0n) is 17.8. The molecular weight excluding hydrogens is 403 g/mol. The lowest BCUT2D eigenvalue weighted by Gasteiger charge is -2.36. The summed E-state index contributed by atoms with van der Waals surface area (Å²) in [6.45, 7) is 8.64. The van der Waals surface area contributed by atoms with E-state index < -0.39 is 15.8 Å². The number of nitrogens with zero attached hydrogens (tertiary/aromatic N) is 1. The molecule has 1 saturated heterocycles. The molecule has 5 nitrogen and oxygen atoms in total. The largest absolute Gasteiger partial charge is 0.492 e. The lowest BCUT2D eigenvalue weighted by Crippen LogP contribution is -2.48. The minimum atomic E-state index is -3.63. The molecule has 1 fully saturated rings. The number of para-hydroxylation sites is 1. The van der Waals surface area contributed by atoms with E-state index in [1.165, 1.54) is 17.7 Å². The van der Waals surface area contributed by atoms with Crippen molar-refractivity contribution in [1.29, 1.82) is 0 Å². The van der Waals surface area contributed by atoms with Crippen molar-refractivity contribution in [2.75, 3.05) is 19.7 Å². The quantitative estimate of drug-likeness (QED) is 0.678. The molecule has 7 heteroatoms. The molecule has 0 spiro atoms. The molecule has 0 aliphatic carbocycles. The summed E-state index contributed by atoms with van der Waals surface area (Å²) < 4.78 is 46.9. The minimum Gasteiger partial charge on any atom is -0.492 e. The van der Waals surface area contributed by atoms with Crippen LogP contribution >= 0.6 is 0 Å². The fourth-order valence-electron chi connectivity index (χ4n) is 3.76. The van der Waals surface area contributed by atoms with Gasteiger partial charge in [-0.15, -0.1) is 0 Å². The van der Waals surface area contributed by atoms with E-state index >= 15 is 0 Å². The number of sulfonamides is 1. The number of rotatable bonds is 8. The molecule has 0 aromatic heterocycles. The molecule has 1 heterocycles. The van der Waals surface area contributed by atoms with Crippen LogP contribution < -0.4 is 9.46 Å². The van der Waals surface area contributed by atoms with Crippen LogP contribution in [0.4, 0.5) is 4.39 Å². The predicted molar refractivity (Wildman–Crippen MR) is 117 cm³/mol. The van der Waals surface area contributed by atoms with Crippen molar-refractivity contribution in [2.24, 2.45) is 0 Å². The maximum atomic E-state index is 13.1. The molecule has 0 amide bonds. The molecular formula is C23H31FN2O3S. The van der Waals surface area contributed by atoms with Crippen LogP contribution in [0.15, 0.2) is 53.4 Å². The summed E-state index contributed by atoms with van der Waals surface area (Å²) in [7, 11) is -3.63. The highest BCUT2D eigenvalue weighted by Crippen LogP contribution is 2.26. The Balaban J connectivity index is 1.50. The number of hydrogen-bond donors (Lipinski definition) is 1. The Kier molecular flexibility index (Phi) is 7.50. The van der Waals surface area contributed by atoms with Crippen LogP contribution in [-0.4, -0.2) is 45.1 Å². The highest BCUT2D eigenvalue weighted by Gasteiger charge is 2.27. The van der Waals surface area contributed by atoms with Crippen molar-refractivity contribution in [1.82, 2.24) is 9.62 Å². The van der Waals surface area contributed by atoms with Crippen molar-refractivity contribution in [3.8, 4) is 5.75 Å². The highest BCUT2D eigenvalue weighted by atomic mass is 32.2. The lowest BCUT2D eigenvalue weighted by molar-refractivity contribution is 0.115. The SMILES string of the molecule is CC(C)c1ccccc1OCC(C)N1CCC(NS(=O)(=O)c2ccc(F)cc2)CC1. The molecule has 2 aromatic rings. The summed E-state index contributed by atoms with van der Waals surface area (Å²) in [5, 5.41) is 0. The van der Waals surface area contributed by atoms with Crippen LogP contribution in [0.1, 0.15) is 45.1 Å². The van der Waals surface area contributed by atoms with Gasteiger partial charge in [0.25, 0.3) is 0 Å². The smallest absolute Gasteiger partial charge is 0.240 e. The lowest BCUT2D eigenvalue weighted by atomic mass is 10.0. The first-order valence-corrected chi connectivity index (χ1v) is 12.0. The van der Waals surface area contributed by atoms with E-state index in [9.17, 15) is 12.8 Å². The van der Waals surface area contributed by atoms with E-state index in [2.05, 4.69) is 36.5 Å². The van der Waals surface area contributed by atoms with Gasteiger partial charge >= 0.3 is 0 Å². The second-order valence-electron chi connectivity index (χ2n) is 8.24. The fraction of sp³-hybridized carbons (Fsp3) is 0.478. The van der Waals surface area contributed by atoms with E-state index in [1.807, 2.05) is 18.2 Å². The Morgan fingerprint density at radius 3 is 2.33 bits per heavy atom. The Morgan fingerprint density at radius 2 is 1.70 bits per heavy atom. The van der Waals surface area contributed by atoms with Crippen LogP contribution in [-0.2, 0) is 10.0 Å². The first-order valence-electron chi connectivity index (χ1n) is 10.5. The summed E-state index contributed by atoms with van der Waals surface area (Å²) in [6, 6.07) is 13.2. The van der Waals surface area contributed by atoms with E-state index in [0.717, 1.165) is 43.8 Å². The third kappa shape index (κ3) is 5.80. The standard InChI is InChI=1S/C23H31FN2O3S/c1-17(2)22-6-4-5-7-23(22)29-16-18(3)26-14-12-20(13-15-26)25-30(27,28)21-10-8-19(24)9-11-21/h4-11,17-18,20,25H,12-16H2,1-3H3. The van der Waals surface area contributed by atoms with E-state index in [0.29, 0.717) is 12.5 Å². The van der Waals surface area contributed by atoms with Crippen molar-refractivity contribution in [3.05, 3.63) is 59.9 Å². The minimum absolute atomic E-state index is 0.0944. The molecule has 1 unspecified atom stereocenters. The monoisotopic (exact) mass is 434 g/mol. The highest BCUT2D eigenvalue weighted by molar-refractivity contribution is 7.89. The Hall–Kier alpha value is -1.96. The Bertz CT molecular complexity index is 924. The van der Waals surface area contributed by atoms with E-state index in [1.54, 1.807) is 0 Å². The molecule has 30 heavy (non-hydrogen) atoms. The first kappa shape index (κ1) is 22.7. The summed E-state index contributed by atoms with van der Waals surface area (Å²) in [5.41, 5.74) is 1.21. The van der Waals surface area contributed by atoms with Gasteiger partial charge < -0.3 is 4.74 Å². The molecule has 0 bridgehead atoms. The second-order valence-corrected chi connectivity index (χ2v) is 9.95. The van der Waals surface area contributed by atoms with Gasteiger partial charge in [-0.2, -0.15) is 0 Å². The molecule has 0 radical (unpaired) electrons. The molecule has 1 atom stereocenters. The molecule has 164 valence electrons. The van der Waals surface area contributed by atoms with Gasteiger partial charge in [0, 0.05) is 25.2 Å². The van der Waals surface area contributed by atoms with Crippen molar-refractivity contribution < 1.29 is 17.5 Å². The average molecular weight is 435 g/mol. The Morgan fingerprint density at radius 1 is 1.07 bits per heavy atom. The maximum Gasteiger partial charge on any atom is 0.240 e. The normalized spacial score (nSPS) is 17.2. The number of likely N-dealkylation sites (tertiary alicyclic amines) is 1. The third-order valence-corrected chi connectivity index (χ3v) is 7.16. The van der Waals surface area contributed by atoms with Gasteiger partial charge in [0.1, 0.15) is 18.2 Å². The van der Waals surface area contributed by atoms with Gasteiger partial charge in [-0.25, -0.2) is 17.5 Å². The topological polar surface area (TPSA) is 58.6 Å². The molecule has 3 rings (SSSR count). The summed E-state index contributed by atoms with van der Waals surface area (Å²) in [6.07, 6.45) is 1.46. The average Bonchev–Trinajstić information content (AvgIpc) is 2.72. The van der Waals surface area contributed by atoms with Crippen LogP contribution in [0, 0.1) is 5.82 Å². The van der Waals surface area contributed by atoms with Gasteiger partial charge in [0.05, 0.1) is 4.90 Å². The van der Waals surface area contributed by atoms with Gasteiger partial charge in [-0.3, -0.25) is 4.90 Å². The number of piperidine rings is 1. The number of nitrogens with one attached hydrogen (secondary N) is 1. The number of hydrogen-bond acceptors (Lipinski definition) is 4. The Labute approximate surface area is 179 Å². The number of halogens is 1. The first-order chi connectivity index (χ1) is 14.3. The maximum absolute atomic E-state index is 13.1. The number of ether oxygens (including phenoxy) is 1. The molecule has 1 aliphatic rings. The second kappa shape index (κ2) is 9.90. The van der Waals surface area contributed by atoms with Crippen LogP contribution in [0.2, 0.25) is 0 Å². The molecule has 1 aliphatic heterocycles. The third-order valence-electron chi connectivity index (χ3n) is 5.62. The molecule has 2 aromatic carbocycles. The fourth-order valence-corrected chi connectivity index (χ4v) is 5.07. The van der Waals surface area contributed by atoms with Gasteiger partial charge in [-0.05, 0) is 61.6 Å². The van der Waals surface area contributed by atoms with Crippen LogP contribution in [0.3, 0.4) is 0 Å². The molecule has 1 N–H and O–H groups in total. The predicted octanol–water partition coefficient (Wildman–Crippen LogP) is 4.16. The summed E-state index contributed by atoms with van der Waals surface area (Å²) in [4.78, 5) is 2.43. The molecule has 0 saturated carbocycles. The van der Waals surface area contributed by atoms with Crippen LogP contribution in [0.5, 0.6) is 5.75 Å². The summed E-state index contributed by atoms with van der Waals surface area (Å²) >= 11 is 0. The van der Waals surface area contributed by atoms with Gasteiger partial charge in [-0.1, -0.05) is 32.0 Å². The zero-order valence-corrected chi connectivity index (χ0v) is 18.7. The van der Waals surface area contributed by atoms with Gasteiger partial charge in [0.2, 0.25) is 10.0 Å². The van der Waals surface area contributed by atoms with Crippen LogP contribution in [0.25, 0.3) is 0 Å². The van der Waals surface area contributed by atoms with E-state index in [4.69, 9.17) is 4.74 Å². The van der Waals surface area contributed by atoms with Gasteiger partial charge in [0.15, 0.2) is 0 Å². The number of benzene rings is 2. The van der Waals surface area contributed by atoms with Crippen molar-refractivity contribution in [3.63, 3.8) is 0 Å². The summed E-state index contributed by atoms with van der Waals surface area (Å²) in [5.74, 6) is 0.886. The van der Waals surface area contributed by atoms with Crippen molar-refractivity contribution in [2.45, 2.75) is 56.5 Å². The zero-order chi connectivity index (χ0) is 21.7.